The zero-order valence-corrected chi connectivity index (χ0v) is 7.39. The molecule has 0 atom stereocenters. The van der Waals surface area contributed by atoms with E-state index in [-0.39, 0.29) is 5.69 Å². The summed E-state index contributed by atoms with van der Waals surface area (Å²) in [6.45, 7) is 0. The number of nitrogen functional groups attached to an aromatic ring is 1. The maximum atomic E-state index is 12.6. The summed E-state index contributed by atoms with van der Waals surface area (Å²) in [6, 6.07) is 3.59. The molecule has 0 aromatic heterocycles. The third-order valence-electron chi connectivity index (χ3n) is 1.83. The molecule has 0 bridgehead atoms. The average molecular weight is 213 g/mol. The van der Waals surface area contributed by atoms with Gasteiger partial charge in [0.1, 0.15) is 0 Å². The highest BCUT2D eigenvalue weighted by Crippen LogP contribution is 2.35. The summed E-state index contributed by atoms with van der Waals surface area (Å²) in [5, 5.41) is 15.4. The number of alkyl halides is 3. The molecule has 0 saturated heterocycles. The summed E-state index contributed by atoms with van der Waals surface area (Å²) in [7, 11) is 0. The molecule has 0 spiro atoms. The van der Waals surface area contributed by atoms with Crippen LogP contribution in [-0.2, 0) is 6.18 Å². The van der Waals surface area contributed by atoms with E-state index in [4.69, 9.17) is 16.4 Å². The van der Waals surface area contributed by atoms with E-state index in [9.17, 15) is 13.2 Å². The van der Waals surface area contributed by atoms with Gasteiger partial charge in [0.25, 0.3) is 0 Å². The van der Waals surface area contributed by atoms with Crippen LogP contribution in [0.15, 0.2) is 12.1 Å². The average Bonchev–Trinajstić information content (AvgIpc) is 2.15. The second kappa shape index (κ2) is 3.61. The largest absolute Gasteiger partial charge is 0.418 e. The van der Waals surface area contributed by atoms with Crippen LogP contribution in [0.2, 0.25) is 0 Å². The normalized spacial score (nSPS) is 10.8. The lowest BCUT2D eigenvalue weighted by Crippen LogP contribution is -2.13. The van der Waals surface area contributed by atoms with E-state index in [1.807, 2.05) is 0 Å². The Morgan fingerprint density at radius 3 is 2.40 bits per heavy atom. The van der Waals surface area contributed by atoms with Crippen molar-refractivity contribution in [1.29, 1.82) is 10.7 Å². The van der Waals surface area contributed by atoms with Gasteiger partial charge in [-0.3, -0.25) is 0 Å². The maximum absolute atomic E-state index is 12.6. The van der Waals surface area contributed by atoms with Gasteiger partial charge in [-0.25, -0.2) is 0 Å². The van der Waals surface area contributed by atoms with Crippen molar-refractivity contribution in [2.24, 2.45) is 0 Å². The fourth-order valence-electron chi connectivity index (χ4n) is 1.19. The predicted molar refractivity (Wildman–Crippen MR) is 48.5 cm³/mol. The van der Waals surface area contributed by atoms with E-state index in [0.29, 0.717) is 6.21 Å². The number of nitrogens with zero attached hydrogens (tertiary/aromatic N) is 1. The minimum Gasteiger partial charge on any atom is -0.398 e. The molecule has 1 aromatic carbocycles. The molecule has 0 aliphatic rings. The van der Waals surface area contributed by atoms with Crippen LogP contribution < -0.4 is 5.73 Å². The van der Waals surface area contributed by atoms with Gasteiger partial charge in [0, 0.05) is 17.5 Å². The van der Waals surface area contributed by atoms with Gasteiger partial charge < -0.3 is 11.1 Å². The summed E-state index contributed by atoms with van der Waals surface area (Å²) in [5.41, 5.74) is 2.97. The van der Waals surface area contributed by atoms with Crippen LogP contribution in [0.5, 0.6) is 0 Å². The Hall–Kier alpha value is -2.03. The molecular weight excluding hydrogens is 207 g/mol. The third kappa shape index (κ3) is 1.91. The first-order valence-electron chi connectivity index (χ1n) is 3.82. The van der Waals surface area contributed by atoms with Crippen LogP contribution in [0.4, 0.5) is 18.9 Å². The molecule has 0 fully saturated rings. The van der Waals surface area contributed by atoms with E-state index < -0.39 is 22.9 Å². The number of hydrogen-bond donors (Lipinski definition) is 2. The molecule has 0 unspecified atom stereocenters. The van der Waals surface area contributed by atoms with Gasteiger partial charge in [0.15, 0.2) is 0 Å². The molecule has 15 heavy (non-hydrogen) atoms. The van der Waals surface area contributed by atoms with Crippen molar-refractivity contribution in [3.63, 3.8) is 0 Å². The van der Waals surface area contributed by atoms with Crippen molar-refractivity contribution in [2.75, 3.05) is 5.73 Å². The molecule has 1 aromatic rings. The Kier molecular flexibility index (Phi) is 2.66. The van der Waals surface area contributed by atoms with E-state index in [1.54, 1.807) is 0 Å². The zero-order chi connectivity index (χ0) is 11.6. The SMILES string of the molecule is N#Cc1ccc(N)c(C=N)c1C(F)(F)F. The van der Waals surface area contributed by atoms with Gasteiger partial charge in [-0.05, 0) is 12.1 Å². The first-order chi connectivity index (χ1) is 6.91. The Balaban J connectivity index is 3.64. The van der Waals surface area contributed by atoms with Gasteiger partial charge in [0.05, 0.1) is 17.2 Å². The van der Waals surface area contributed by atoms with Crippen LogP contribution in [0.3, 0.4) is 0 Å². The molecule has 3 N–H and O–H groups in total. The molecule has 3 nitrogen and oxygen atoms in total. The molecule has 6 heteroatoms. The van der Waals surface area contributed by atoms with Crippen LogP contribution >= 0.6 is 0 Å². The van der Waals surface area contributed by atoms with E-state index in [1.165, 1.54) is 12.1 Å². The summed E-state index contributed by atoms with van der Waals surface area (Å²) in [5.74, 6) is 0. The second-order valence-electron chi connectivity index (χ2n) is 2.74. The molecule has 0 radical (unpaired) electrons. The fourth-order valence-corrected chi connectivity index (χ4v) is 1.19. The summed E-state index contributed by atoms with van der Waals surface area (Å²) < 4.78 is 37.7. The van der Waals surface area contributed by atoms with E-state index in [0.717, 1.165) is 6.07 Å². The number of halogens is 3. The molecule has 0 saturated carbocycles. The quantitative estimate of drug-likeness (QED) is 0.554. The van der Waals surface area contributed by atoms with E-state index >= 15 is 0 Å². The van der Waals surface area contributed by atoms with Crippen molar-refractivity contribution in [3.05, 3.63) is 28.8 Å². The fraction of sp³-hybridized carbons (Fsp3) is 0.111. The standard InChI is InChI=1S/C9H6F3N3/c10-9(11,12)8-5(3-13)1-2-7(15)6(8)4-14/h1-2,4,14H,15H2. The Bertz CT molecular complexity index is 443. The van der Waals surface area contributed by atoms with Crippen LogP contribution in [0.1, 0.15) is 16.7 Å². The van der Waals surface area contributed by atoms with E-state index in [2.05, 4.69) is 0 Å². The lowest BCUT2D eigenvalue weighted by molar-refractivity contribution is -0.137. The second-order valence-corrected chi connectivity index (χ2v) is 2.74. The van der Waals surface area contributed by atoms with Gasteiger partial charge in [0.2, 0.25) is 0 Å². The molecule has 0 aliphatic carbocycles. The zero-order valence-electron chi connectivity index (χ0n) is 7.39. The number of hydrogen-bond acceptors (Lipinski definition) is 3. The number of nitrogens with two attached hydrogens (primary N) is 1. The lowest BCUT2D eigenvalue weighted by Gasteiger charge is -2.13. The monoisotopic (exact) mass is 213 g/mol. The van der Waals surface area contributed by atoms with Crippen molar-refractivity contribution < 1.29 is 13.2 Å². The number of benzene rings is 1. The number of nitrogens with one attached hydrogen (secondary N) is 1. The first kappa shape index (κ1) is 11.0. The molecule has 78 valence electrons. The Morgan fingerprint density at radius 1 is 1.40 bits per heavy atom. The maximum Gasteiger partial charge on any atom is 0.418 e. The summed E-state index contributed by atoms with van der Waals surface area (Å²) in [4.78, 5) is 0. The first-order valence-corrected chi connectivity index (χ1v) is 3.82. The third-order valence-corrected chi connectivity index (χ3v) is 1.83. The highest BCUT2D eigenvalue weighted by Gasteiger charge is 2.36. The van der Waals surface area contributed by atoms with Crippen molar-refractivity contribution in [1.82, 2.24) is 0 Å². The van der Waals surface area contributed by atoms with Gasteiger partial charge in [-0.15, -0.1) is 0 Å². The molecule has 1 rings (SSSR count). The molecule has 0 aliphatic heterocycles. The van der Waals surface area contributed by atoms with Gasteiger partial charge in [-0.1, -0.05) is 0 Å². The minimum absolute atomic E-state index is 0.170. The van der Waals surface area contributed by atoms with Crippen molar-refractivity contribution >= 4 is 11.9 Å². The van der Waals surface area contributed by atoms with Crippen molar-refractivity contribution in [2.45, 2.75) is 6.18 Å². The van der Waals surface area contributed by atoms with Crippen LogP contribution in [0, 0.1) is 16.7 Å². The minimum atomic E-state index is -4.69. The van der Waals surface area contributed by atoms with Gasteiger partial charge in [-0.2, -0.15) is 18.4 Å². The predicted octanol–water partition coefficient (Wildman–Crippen LogP) is 2.16. The summed E-state index contributed by atoms with van der Waals surface area (Å²) >= 11 is 0. The van der Waals surface area contributed by atoms with Crippen LogP contribution in [0.25, 0.3) is 0 Å². The number of anilines is 1. The lowest BCUT2D eigenvalue weighted by atomic mass is 10.00. The number of nitriles is 1. The highest BCUT2D eigenvalue weighted by atomic mass is 19.4. The summed E-state index contributed by atoms with van der Waals surface area (Å²) in [6.07, 6.45) is -4.19. The van der Waals surface area contributed by atoms with Gasteiger partial charge >= 0.3 is 6.18 Å². The Labute approximate surface area is 83.4 Å². The number of rotatable bonds is 1. The highest BCUT2D eigenvalue weighted by molar-refractivity contribution is 5.88. The topological polar surface area (TPSA) is 73.7 Å². The molecule has 0 amide bonds. The van der Waals surface area contributed by atoms with Crippen LogP contribution in [-0.4, -0.2) is 6.21 Å². The van der Waals surface area contributed by atoms with Crippen molar-refractivity contribution in [3.8, 4) is 6.07 Å². The molecule has 0 heterocycles. The smallest absolute Gasteiger partial charge is 0.398 e. The molecular formula is C9H6F3N3. The Morgan fingerprint density at radius 2 is 2.00 bits per heavy atom.